The van der Waals surface area contributed by atoms with Gasteiger partial charge in [0.15, 0.2) is 0 Å². The van der Waals surface area contributed by atoms with E-state index in [1.165, 1.54) is 94.9 Å². The van der Waals surface area contributed by atoms with Gasteiger partial charge in [-0.2, -0.15) is 0 Å². The van der Waals surface area contributed by atoms with E-state index in [2.05, 4.69) is 158 Å². The highest BCUT2D eigenvalue weighted by molar-refractivity contribution is 7.26. The van der Waals surface area contributed by atoms with Crippen LogP contribution in [0.5, 0.6) is 0 Å². The number of furan rings is 1. The normalized spacial score (nSPS) is 12.3. The maximum atomic E-state index is 6.60. The molecule has 51 heavy (non-hydrogen) atoms. The first-order valence-corrected chi connectivity index (χ1v) is 19.0. The van der Waals surface area contributed by atoms with Gasteiger partial charge in [-0.25, -0.2) is 0 Å². The lowest BCUT2D eigenvalue weighted by Gasteiger charge is -2.18. The minimum atomic E-state index is 0.914. The van der Waals surface area contributed by atoms with E-state index in [9.17, 15) is 0 Å². The van der Waals surface area contributed by atoms with Crippen LogP contribution in [0.15, 0.2) is 162 Å². The van der Waals surface area contributed by atoms with Crippen LogP contribution in [0.2, 0.25) is 0 Å². The zero-order chi connectivity index (χ0) is 33.2. The highest BCUT2D eigenvalue weighted by atomic mass is 32.1. The van der Waals surface area contributed by atoms with Crippen LogP contribution in [-0.2, 0) is 0 Å². The van der Waals surface area contributed by atoms with Crippen molar-refractivity contribution in [2.75, 3.05) is 0 Å². The Kier molecular flexibility index (Phi) is 5.59. The molecular weight excluding hydrogens is 657 g/mol. The van der Waals surface area contributed by atoms with Crippen molar-refractivity contribution < 1.29 is 4.42 Å². The summed E-state index contributed by atoms with van der Waals surface area (Å²) in [5, 5.41) is 15.1. The van der Waals surface area contributed by atoms with E-state index in [1.807, 2.05) is 22.7 Å². The molecule has 0 aliphatic rings. The molecule has 0 aliphatic carbocycles. The van der Waals surface area contributed by atoms with E-state index < -0.39 is 0 Å². The molecule has 0 aliphatic heterocycles. The SMILES string of the molecule is c1ccc2c(c1)sc1ccc(-c3c4ccccc4c(-c4ccc5oc6cc7c(ccc8sc9ccccc9c87)cc6c5c4)c4ccccc34)cc12. The molecule has 3 heteroatoms. The average Bonchev–Trinajstić information content (AvgIpc) is 3.86. The number of benzene rings is 9. The molecule has 0 N–H and O–H groups in total. The molecule has 9 aromatic carbocycles. The molecule has 3 aromatic heterocycles. The van der Waals surface area contributed by atoms with Crippen molar-refractivity contribution in [3.8, 4) is 22.3 Å². The Morgan fingerprint density at radius 3 is 1.53 bits per heavy atom. The Bertz CT molecular complexity index is 3370. The van der Waals surface area contributed by atoms with Gasteiger partial charge in [0.1, 0.15) is 11.2 Å². The smallest absolute Gasteiger partial charge is 0.136 e. The second-order valence-corrected chi connectivity index (χ2v) is 15.7. The Balaban J connectivity index is 1.11. The van der Waals surface area contributed by atoms with Gasteiger partial charge in [0, 0.05) is 51.1 Å². The van der Waals surface area contributed by atoms with Crippen molar-refractivity contribution in [3.05, 3.63) is 158 Å². The molecular formula is C48H26OS2. The van der Waals surface area contributed by atoms with Crippen molar-refractivity contribution in [2.45, 2.75) is 0 Å². The predicted molar refractivity (Wildman–Crippen MR) is 223 cm³/mol. The van der Waals surface area contributed by atoms with Crippen LogP contribution in [0.25, 0.3) is 117 Å². The van der Waals surface area contributed by atoms with Crippen LogP contribution < -0.4 is 0 Å². The molecule has 0 atom stereocenters. The fourth-order valence-corrected chi connectivity index (χ4v) is 10.8. The fraction of sp³-hybridized carbons (Fsp3) is 0. The molecule has 12 rings (SSSR count). The molecule has 1 nitrogen and oxygen atoms in total. The van der Waals surface area contributed by atoms with Gasteiger partial charge in [0.25, 0.3) is 0 Å². The Morgan fingerprint density at radius 2 is 0.824 bits per heavy atom. The first-order chi connectivity index (χ1) is 25.3. The van der Waals surface area contributed by atoms with E-state index >= 15 is 0 Å². The summed E-state index contributed by atoms with van der Waals surface area (Å²) in [6, 6.07) is 58.3. The van der Waals surface area contributed by atoms with Gasteiger partial charge in [-0.05, 0) is 109 Å². The number of thiophene rings is 2. The van der Waals surface area contributed by atoms with Gasteiger partial charge in [0.2, 0.25) is 0 Å². The predicted octanol–water partition coefficient (Wildman–Crippen LogP) is 15.1. The lowest BCUT2D eigenvalue weighted by Crippen LogP contribution is -1.90. The lowest BCUT2D eigenvalue weighted by molar-refractivity contribution is 0.669. The maximum Gasteiger partial charge on any atom is 0.136 e. The summed E-state index contributed by atoms with van der Waals surface area (Å²) < 4.78 is 11.9. The number of hydrogen-bond donors (Lipinski definition) is 0. The van der Waals surface area contributed by atoms with Crippen LogP contribution in [0, 0.1) is 0 Å². The number of rotatable bonds is 2. The van der Waals surface area contributed by atoms with Crippen LogP contribution in [0.4, 0.5) is 0 Å². The molecule has 12 aromatic rings. The average molecular weight is 683 g/mol. The molecule has 0 amide bonds. The van der Waals surface area contributed by atoms with Gasteiger partial charge in [0.05, 0.1) is 0 Å². The van der Waals surface area contributed by atoms with Crippen molar-refractivity contribution in [3.63, 3.8) is 0 Å². The van der Waals surface area contributed by atoms with E-state index in [0.717, 1.165) is 21.9 Å². The van der Waals surface area contributed by atoms with Gasteiger partial charge < -0.3 is 4.42 Å². The minimum Gasteiger partial charge on any atom is -0.456 e. The van der Waals surface area contributed by atoms with Crippen LogP contribution in [0.1, 0.15) is 0 Å². The molecule has 0 bridgehead atoms. The second-order valence-electron chi connectivity index (χ2n) is 13.6. The molecule has 0 saturated heterocycles. The Labute approximate surface area is 300 Å². The van der Waals surface area contributed by atoms with Crippen molar-refractivity contribution in [1.82, 2.24) is 0 Å². The summed E-state index contributed by atoms with van der Waals surface area (Å²) in [6.45, 7) is 0. The highest BCUT2D eigenvalue weighted by Gasteiger charge is 2.19. The van der Waals surface area contributed by atoms with E-state index in [1.54, 1.807) is 0 Å². The topological polar surface area (TPSA) is 13.1 Å². The Hall–Kier alpha value is -6.00. The zero-order valence-corrected chi connectivity index (χ0v) is 28.9. The summed E-state index contributed by atoms with van der Waals surface area (Å²) in [6.07, 6.45) is 0. The minimum absolute atomic E-state index is 0.914. The van der Waals surface area contributed by atoms with Gasteiger partial charge in [-0.1, -0.05) is 103 Å². The Morgan fingerprint density at radius 1 is 0.314 bits per heavy atom. The van der Waals surface area contributed by atoms with E-state index in [4.69, 9.17) is 4.42 Å². The lowest BCUT2D eigenvalue weighted by atomic mass is 9.85. The third-order valence-corrected chi connectivity index (χ3v) is 13.1. The standard InChI is InChI=1S/C48H26OS2/c1-3-12-33-31(10-1)46(32-11-2-4-13-34(32)47(33)29-19-21-44-39(25-29)30-9-5-7-15-42(30)50-44)28-17-20-40-37(24-28)38-23-27-18-22-45-48(36(27)26-41(38)49-40)35-14-6-8-16-43(35)51-45/h1-26H. The summed E-state index contributed by atoms with van der Waals surface area (Å²) in [7, 11) is 0. The third-order valence-electron chi connectivity index (χ3n) is 10.8. The van der Waals surface area contributed by atoms with E-state index in [-0.39, 0.29) is 0 Å². The third kappa shape index (κ3) is 3.90. The van der Waals surface area contributed by atoms with Crippen LogP contribution in [-0.4, -0.2) is 0 Å². The first kappa shape index (κ1) is 27.8. The molecule has 0 saturated carbocycles. The second kappa shape index (κ2) is 10.3. The molecule has 3 heterocycles. The summed E-state index contributed by atoms with van der Waals surface area (Å²) in [4.78, 5) is 0. The molecule has 0 fully saturated rings. The summed E-state index contributed by atoms with van der Waals surface area (Å²) in [5.41, 5.74) is 6.84. The van der Waals surface area contributed by atoms with Crippen LogP contribution >= 0.6 is 22.7 Å². The highest BCUT2D eigenvalue weighted by Crippen LogP contribution is 2.47. The van der Waals surface area contributed by atoms with Gasteiger partial charge in [-0.15, -0.1) is 22.7 Å². The van der Waals surface area contributed by atoms with E-state index in [0.29, 0.717) is 0 Å². The van der Waals surface area contributed by atoms with Crippen molar-refractivity contribution >= 4 is 117 Å². The van der Waals surface area contributed by atoms with Gasteiger partial charge >= 0.3 is 0 Å². The summed E-state index contributed by atoms with van der Waals surface area (Å²) in [5.74, 6) is 0. The fourth-order valence-electron chi connectivity index (χ4n) is 8.61. The first-order valence-electron chi connectivity index (χ1n) is 17.3. The molecule has 0 spiro atoms. The van der Waals surface area contributed by atoms with Crippen molar-refractivity contribution in [2.24, 2.45) is 0 Å². The van der Waals surface area contributed by atoms with Crippen molar-refractivity contribution in [1.29, 1.82) is 0 Å². The summed E-state index contributed by atoms with van der Waals surface area (Å²) >= 11 is 3.73. The monoisotopic (exact) mass is 682 g/mol. The molecule has 0 unspecified atom stereocenters. The van der Waals surface area contributed by atoms with Gasteiger partial charge in [-0.3, -0.25) is 0 Å². The molecule has 236 valence electrons. The number of hydrogen-bond acceptors (Lipinski definition) is 3. The zero-order valence-electron chi connectivity index (χ0n) is 27.2. The number of fused-ring (bicyclic) bond motifs is 13. The quantitative estimate of drug-likeness (QED) is 0.165. The van der Waals surface area contributed by atoms with Crippen LogP contribution in [0.3, 0.4) is 0 Å². The largest absolute Gasteiger partial charge is 0.456 e. The molecule has 0 radical (unpaired) electrons. The maximum absolute atomic E-state index is 6.60.